The molecule has 1 N–H and O–H groups in total. The van der Waals surface area contributed by atoms with E-state index in [0.29, 0.717) is 12.5 Å². The zero-order chi connectivity index (χ0) is 15.6. The van der Waals surface area contributed by atoms with Crippen LogP contribution in [0, 0.1) is 19.8 Å². The molecule has 114 valence electrons. The van der Waals surface area contributed by atoms with Gasteiger partial charge in [0.1, 0.15) is 5.76 Å². The van der Waals surface area contributed by atoms with Gasteiger partial charge in [-0.1, -0.05) is 13.8 Å². The predicted molar refractivity (Wildman–Crippen MR) is 83.5 cm³/mol. The Bertz CT molecular complexity index is 609. The maximum absolute atomic E-state index is 12.4. The Kier molecular flexibility index (Phi) is 4.56. The van der Waals surface area contributed by atoms with E-state index in [1.54, 1.807) is 6.26 Å². The number of amides is 1. The molecule has 2 rings (SSSR count). The van der Waals surface area contributed by atoms with Gasteiger partial charge in [0, 0.05) is 17.4 Å². The molecule has 0 aliphatic rings. The van der Waals surface area contributed by atoms with Crippen molar-refractivity contribution in [3.8, 4) is 0 Å². The fourth-order valence-electron chi connectivity index (χ4n) is 2.28. The highest BCUT2D eigenvalue weighted by molar-refractivity contribution is 5.95. The summed E-state index contributed by atoms with van der Waals surface area (Å²) in [6, 6.07) is 5.92. The summed E-state index contributed by atoms with van der Waals surface area (Å²) < 4.78 is 7.50. The monoisotopic (exact) mass is 288 g/mol. The average molecular weight is 288 g/mol. The van der Waals surface area contributed by atoms with Crippen molar-refractivity contribution >= 4 is 5.91 Å². The molecule has 0 bridgehead atoms. The van der Waals surface area contributed by atoms with E-state index < -0.39 is 0 Å². The van der Waals surface area contributed by atoms with Crippen LogP contribution < -0.4 is 5.32 Å². The van der Waals surface area contributed by atoms with Gasteiger partial charge in [-0.15, -0.1) is 0 Å². The summed E-state index contributed by atoms with van der Waals surface area (Å²) in [5.41, 5.74) is 2.77. The molecule has 0 aliphatic carbocycles. The number of carbonyl (C=O) groups is 1. The lowest BCUT2D eigenvalue weighted by molar-refractivity contribution is 0.0929. The molecule has 0 aromatic carbocycles. The summed E-state index contributed by atoms with van der Waals surface area (Å²) in [6.45, 7) is 10.9. The van der Waals surface area contributed by atoms with Gasteiger partial charge in [0.2, 0.25) is 0 Å². The minimum Gasteiger partial charge on any atom is -0.467 e. The third-order valence-corrected chi connectivity index (χ3v) is 4.07. The molecule has 4 nitrogen and oxygen atoms in total. The lowest BCUT2D eigenvalue weighted by Crippen LogP contribution is -2.36. The Morgan fingerprint density at radius 3 is 2.62 bits per heavy atom. The van der Waals surface area contributed by atoms with Gasteiger partial charge in [-0.25, -0.2) is 0 Å². The van der Waals surface area contributed by atoms with Gasteiger partial charge >= 0.3 is 0 Å². The van der Waals surface area contributed by atoms with E-state index in [4.69, 9.17) is 4.42 Å². The van der Waals surface area contributed by atoms with Gasteiger partial charge in [-0.05, 0) is 44.9 Å². The van der Waals surface area contributed by atoms with Crippen molar-refractivity contribution in [2.45, 2.75) is 47.2 Å². The van der Waals surface area contributed by atoms with Gasteiger partial charge in [0.05, 0.1) is 18.4 Å². The lowest BCUT2D eigenvalue weighted by atomic mass is 10.1. The normalized spacial score (nSPS) is 12.7. The van der Waals surface area contributed by atoms with Gasteiger partial charge in [-0.2, -0.15) is 0 Å². The molecular weight excluding hydrogens is 264 g/mol. The van der Waals surface area contributed by atoms with E-state index in [1.807, 2.05) is 39.0 Å². The molecule has 0 saturated carbocycles. The molecule has 1 amide bonds. The molecule has 21 heavy (non-hydrogen) atoms. The first-order chi connectivity index (χ1) is 9.90. The minimum absolute atomic E-state index is 0.00463. The van der Waals surface area contributed by atoms with Crippen LogP contribution >= 0.6 is 0 Å². The predicted octanol–water partition coefficient (Wildman–Crippen LogP) is 3.52. The first-order valence-corrected chi connectivity index (χ1v) is 7.40. The smallest absolute Gasteiger partial charge is 0.253 e. The molecule has 0 radical (unpaired) electrons. The number of aromatic nitrogens is 1. The van der Waals surface area contributed by atoms with Gasteiger partial charge in [0.15, 0.2) is 0 Å². The van der Waals surface area contributed by atoms with E-state index in [9.17, 15) is 4.79 Å². The Morgan fingerprint density at radius 1 is 1.33 bits per heavy atom. The zero-order valence-corrected chi connectivity index (χ0v) is 13.4. The summed E-state index contributed by atoms with van der Waals surface area (Å²) in [4.78, 5) is 12.4. The summed E-state index contributed by atoms with van der Waals surface area (Å²) in [5, 5.41) is 3.06. The fourth-order valence-corrected chi connectivity index (χ4v) is 2.28. The molecule has 1 unspecified atom stereocenters. The van der Waals surface area contributed by atoms with Crippen LogP contribution in [0.5, 0.6) is 0 Å². The third-order valence-electron chi connectivity index (χ3n) is 4.07. The average Bonchev–Trinajstić information content (AvgIpc) is 3.02. The summed E-state index contributed by atoms with van der Waals surface area (Å²) in [5.74, 6) is 1.30. The van der Waals surface area contributed by atoms with Crippen molar-refractivity contribution in [2.75, 3.05) is 0 Å². The molecule has 2 aromatic heterocycles. The Morgan fingerprint density at radius 2 is 2.05 bits per heavy atom. The van der Waals surface area contributed by atoms with Gasteiger partial charge in [-0.3, -0.25) is 4.79 Å². The Balaban J connectivity index is 2.20. The van der Waals surface area contributed by atoms with E-state index in [1.165, 1.54) is 0 Å². The van der Waals surface area contributed by atoms with Crippen LogP contribution in [0.15, 0.2) is 28.9 Å². The Hall–Kier alpha value is -1.97. The highest BCUT2D eigenvalue weighted by Gasteiger charge is 2.18. The molecule has 2 heterocycles. The summed E-state index contributed by atoms with van der Waals surface area (Å²) >= 11 is 0. The number of hydrogen-bond acceptors (Lipinski definition) is 2. The Labute approximate surface area is 126 Å². The summed E-state index contributed by atoms with van der Waals surface area (Å²) in [6.07, 6.45) is 1.67. The largest absolute Gasteiger partial charge is 0.467 e. The highest BCUT2D eigenvalue weighted by atomic mass is 16.3. The van der Waals surface area contributed by atoms with Crippen molar-refractivity contribution in [2.24, 2.45) is 5.92 Å². The molecular formula is C17H24N2O2. The second-order valence-corrected chi connectivity index (χ2v) is 5.96. The van der Waals surface area contributed by atoms with Crippen LogP contribution in [0.1, 0.15) is 48.3 Å². The van der Waals surface area contributed by atoms with Crippen molar-refractivity contribution in [1.82, 2.24) is 9.88 Å². The number of furan rings is 1. The van der Waals surface area contributed by atoms with Crippen LogP contribution in [-0.2, 0) is 6.54 Å². The molecule has 0 spiro atoms. The summed E-state index contributed by atoms with van der Waals surface area (Å²) in [7, 11) is 0. The first kappa shape index (κ1) is 15.4. The second-order valence-electron chi connectivity index (χ2n) is 5.96. The van der Waals surface area contributed by atoms with Crippen molar-refractivity contribution in [1.29, 1.82) is 0 Å². The van der Waals surface area contributed by atoms with E-state index in [2.05, 4.69) is 23.7 Å². The van der Waals surface area contributed by atoms with E-state index in [0.717, 1.165) is 22.7 Å². The number of hydrogen-bond donors (Lipinski definition) is 1. The van der Waals surface area contributed by atoms with E-state index in [-0.39, 0.29) is 11.9 Å². The van der Waals surface area contributed by atoms with Crippen LogP contribution in [0.25, 0.3) is 0 Å². The first-order valence-electron chi connectivity index (χ1n) is 7.40. The van der Waals surface area contributed by atoms with Crippen molar-refractivity contribution < 1.29 is 9.21 Å². The van der Waals surface area contributed by atoms with Crippen LogP contribution in [0.3, 0.4) is 0 Å². The van der Waals surface area contributed by atoms with Gasteiger partial charge in [0.25, 0.3) is 5.91 Å². The number of nitrogens with one attached hydrogen (secondary N) is 1. The van der Waals surface area contributed by atoms with Crippen LogP contribution in [0.4, 0.5) is 0 Å². The quantitative estimate of drug-likeness (QED) is 0.915. The maximum Gasteiger partial charge on any atom is 0.253 e. The zero-order valence-electron chi connectivity index (χ0n) is 13.4. The van der Waals surface area contributed by atoms with E-state index >= 15 is 0 Å². The molecule has 0 fully saturated rings. The molecule has 0 saturated heterocycles. The molecule has 1 atom stereocenters. The third kappa shape index (κ3) is 3.38. The standard InChI is InChI=1S/C17H24N2O2/c1-11(2)13(4)18-17(20)16-9-12(3)19(14(16)5)10-15-7-6-8-21-15/h6-9,11,13H,10H2,1-5H3,(H,18,20). The maximum atomic E-state index is 12.4. The molecule has 2 aromatic rings. The fraction of sp³-hybridized carbons (Fsp3) is 0.471. The van der Waals surface area contributed by atoms with Crippen molar-refractivity contribution in [3.05, 3.63) is 47.2 Å². The molecule has 0 aliphatic heterocycles. The minimum atomic E-state index is -0.00463. The number of nitrogens with zero attached hydrogens (tertiary/aromatic N) is 1. The SMILES string of the molecule is Cc1cc(C(=O)NC(C)C(C)C)c(C)n1Cc1ccco1. The van der Waals surface area contributed by atoms with Crippen LogP contribution in [0.2, 0.25) is 0 Å². The number of carbonyl (C=O) groups excluding carboxylic acids is 1. The number of rotatable bonds is 5. The second kappa shape index (κ2) is 6.20. The highest BCUT2D eigenvalue weighted by Crippen LogP contribution is 2.18. The van der Waals surface area contributed by atoms with Gasteiger partial charge < -0.3 is 14.3 Å². The number of aryl methyl sites for hydroxylation is 1. The topological polar surface area (TPSA) is 47.2 Å². The lowest BCUT2D eigenvalue weighted by Gasteiger charge is -2.17. The molecule has 4 heteroatoms. The van der Waals surface area contributed by atoms with Crippen LogP contribution in [-0.4, -0.2) is 16.5 Å². The van der Waals surface area contributed by atoms with Crippen molar-refractivity contribution in [3.63, 3.8) is 0 Å².